The lowest BCUT2D eigenvalue weighted by molar-refractivity contribution is 0.0510. The van der Waals surface area contributed by atoms with Crippen molar-refractivity contribution in [2.45, 2.75) is 39.7 Å². The van der Waals surface area contributed by atoms with Gasteiger partial charge >= 0.3 is 6.09 Å². The second-order valence-corrected chi connectivity index (χ2v) is 4.07. The summed E-state index contributed by atoms with van der Waals surface area (Å²) in [6, 6.07) is 1.81. The molecule has 0 amide bonds. The van der Waals surface area contributed by atoms with Gasteiger partial charge in [0, 0.05) is 6.20 Å². The minimum Gasteiger partial charge on any atom is -0.442 e. The van der Waals surface area contributed by atoms with Gasteiger partial charge in [-0.2, -0.15) is 9.78 Å². The van der Waals surface area contributed by atoms with E-state index in [0.29, 0.717) is 0 Å². The topological polar surface area (TPSA) is 44.1 Å². The fourth-order valence-electron chi connectivity index (χ4n) is 1.07. The molecule has 78 valence electrons. The van der Waals surface area contributed by atoms with Crippen LogP contribution in [-0.2, 0) is 11.2 Å². The maximum atomic E-state index is 11.6. The third-order valence-electron chi connectivity index (χ3n) is 1.65. The molecule has 0 aliphatic heterocycles. The van der Waals surface area contributed by atoms with E-state index in [1.165, 1.54) is 4.68 Å². The molecule has 0 aliphatic carbocycles. The Labute approximate surface area is 83.9 Å². The number of ether oxygens (including phenoxy) is 1. The Morgan fingerprint density at radius 3 is 2.71 bits per heavy atom. The zero-order valence-corrected chi connectivity index (χ0v) is 9.07. The van der Waals surface area contributed by atoms with Crippen LogP contribution in [0.4, 0.5) is 4.79 Å². The van der Waals surface area contributed by atoms with Crippen LogP contribution in [0.25, 0.3) is 0 Å². The summed E-state index contributed by atoms with van der Waals surface area (Å²) < 4.78 is 6.48. The van der Waals surface area contributed by atoms with Crippen molar-refractivity contribution in [3.8, 4) is 0 Å². The molecular weight excluding hydrogens is 180 g/mol. The number of hydrogen-bond donors (Lipinski definition) is 0. The summed E-state index contributed by atoms with van der Waals surface area (Å²) in [5, 5.41) is 3.91. The molecule has 0 spiro atoms. The predicted molar refractivity (Wildman–Crippen MR) is 53.2 cm³/mol. The van der Waals surface area contributed by atoms with Gasteiger partial charge in [-0.25, -0.2) is 4.79 Å². The van der Waals surface area contributed by atoms with Gasteiger partial charge in [-0.15, -0.1) is 0 Å². The van der Waals surface area contributed by atoms with Crippen molar-refractivity contribution >= 4 is 6.09 Å². The first-order valence-corrected chi connectivity index (χ1v) is 4.70. The highest BCUT2D eigenvalue weighted by Gasteiger charge is 2.19. The van der Waals surface area contributed by atoms with E-state index in [-0.39, 0.29) is 0 Å². The minimum atomic E-state index is -0.478. The van der Waals surface area contributed by atoms with Crippen LogP contribution in [0.5, 0.6) is 0 Å². The fraction of sp³-hybridized carbons (Fsp3) is 0.600. The Bertz CT molecular complexity index is 323. The Morgan fingerprint density at radius 1 is 1.57 bits per heavy atom. The van der Waals surface area contributed by atoms with Crippen LogP contribution in [0.2, 0.25) is 0 Å². The Kier molecular flexibility index (Phi) is 2.93. The number of aryl methyl sites for hydroxylation is 1. The van der Waals surface area contributed by atoms with E-state index in [9.17, 15) is 4.79 Å². The maximum absolute atomic E-state index is 11.6. The lowest BCUT2D eigenvalue weighted by atomic mass is 10.2. The van der Waals surface area contributed by atoms with Crippen LogP contribution in [0.15, 0.2) is 12.3 Å². The summed E-state index contributed by atoms with van der Waals surface area (Å²) in [6.45, 7) is 7.47. The van der Waals surface area contributed by atoms with Crippen molar-refractivity contribution in [3.63, 3.8) is 0 Å². The average molecular weight is 196 g/mol. The van der Waals surface area contributed by atoms with Crippen molar-refractivity contribution in [1.82, 2.24) is 9.78 Å². The molecule has 0 saturated heterocycles. The molecule has 0 aliphatic rings. The Hall–Kier alpha value is -1.32. The fourth-order valence-corrected chi connectivity index (χ4v) is 1.07. The monoisotopic (exact) mass is 196 g/mol. The van der Waals surface area contributed by atoms with Crippen molar-refractivity contribution in [2.24, 2.45) is 0 Å². The van der Waals surface area contributed by atoms with E-state index in [4.69, 9.17) is 4.74 Å². The van der Waals surface area contributed by atoms with Crippen molar-refractivity contribution < 1.29 is 9.53 Å². The van der Waals surface area contributed by atoms with E-state index >= 15 is 0 Å². The van der Waals surface area contributed by atoms with E-state index in [1.54, 1.807) is 6.20 Å². The predicted octanol–water partition coefficient (Wildman–Crippen LogP) is 2.23. The lowest BCUT2D eigenvalue weighted by Crippen LogP contribution is -2.28. The molecule has 4 heteroatoms. The molecule has 0 atom stereocenters. The molecule has 0 bridgehead atoms. The summed E-state index contributed by atoms with van der Waals surface area (Å²) in [6.07, 6.45) is 1.95. The van der Waals surface area contributed by atoms with Crippen LogP contribution in [0.1, 0.15) is 33.4 Å². The van der Waals surface area contributed by atoms with Crippen molar-refractivity contribution in [2.75, 3.05) is 0 Å². The molecule has 1 aromatic heterocycles. The van der Waals surface area contributed by atoms with Gasteiger partial charge in [-0.05, 0) is 33.3 Å². The molecule has 1 rings (SSSR count). The van der Waals surface area contributed by atoms with Gasteiger partial charge in [-0.3, -0.25) is 0 Å². The van der Waals surface area contributed by atoms with E-state index in [1.807, 2.05) is 33.8 Å². The first-order valence-electron chi connectivity index (χ1n) is 4.70. The molecule has 1 aromatic rings. The van der Waals surface area contributed by atoms with Gasteiger partial charge in [0.05, 0.1) is 5.69 Å². The largest absolute Gasteiger partial charge is 0.442 e. The molecule has 0 radical (unpaired) electrons. The van der Waals surface area contributed by atoms with Crippen LogP contribution in [0, 0.1) is 0 Å². The highest BCUT2D eigenvalue weighted by Crippen LogP contribution is 2.10. The summed E-state index contributed by atoms with van der Waals surface area (Å²) >= 11 is 0. The average Bonchev–Trinajstić information content (AvgIpc) is 2.47. The van der Waals surface area contributed by atoms with E-state index in [2.05, 4.69) is 5.10 Å². The number of aromatic nitrogens is 2. The number of carbonyl (C=O) groups is 1. The van der Waals surface area contributed by atoms with Crippen molar-refractivity contribution in [3.05, 3.63) is 18.0 Å². The summed E-state index contributed by atoms with van der Waals surface area (Å²) in [5.41, 5.74) is 0.382. The van der Waals surface area contributed by atoms with Crippen molar-refractivity contribution in [1.29, 1.82) is 0 Å². The molecule has 0 fully saturated rings. The maximum Gasteiger partial charge on any atom is 0.435 e. The third kappa shape index (κ3) is 2.58. The van der Waals surface area contributed by atoms with Gasteiger partial charge in [0.25, 0.3) is 0 Å². The van der Waals surface area contributed by atoms with E-state index < -0.39 is 11.7 Å². The Morgan fingerprint density at radius 2 is 2.21 bits per heavy atom. The summed E-state index contributed by atoms with van der Waals surface area (Å²) in [5.74, 6) is 0. The van der Waals surface area contributed by atoms with Crippen LogP contribution < -0.4 is 0 Å². The highest BCUT2D eigenvalue weighted by molar-refractivity contribution is 5.70. The smallest absolute Gasteiger partial charge is 0.435 e. The first kappa shape index (κ1) is 10.8. The molecule has 1 heterocycles. The number of rotatable bonds is 1. The molecule has 14 heavy (non-hydrogen) atoms. The Balaban J connectivity index is 2.80. The number of nitrogens with zero attached hydrogens (tertiary/aromatic N) is 2. The number of carbonyl (C=O) groups excluding carboxylic acids is 1. The summed E-state index contributed by atoms with van der Waals surface area (Å²) in [7, 11) is 0. The number of hydrogen-bond acceptors (Lipinski definition) is 3. The normalized spacial score (nSPS) is 11.4. The SMILES string of the molecule is CCc1ccnn1C(=O)OC(C)(C)C. The van der Waals surface area contributed by atoms with Gasteiger partial charge in [-0.1, -0.05) is 6.92 Å². The van der Waals surface area contributed by atoms with E-state index in [0.717, 1.165) is 12.1 Å². The van der Waals surface area contributed by atoms with Crippen LogP contribution in [-0.4, -0.2) is 21.5 Å². The lowest BCUT2D eigenvalue weighted by Gasteiger charge is -2.19. The molecule has 4 nitrogen and oxygen atoms in total. The standard InChI is InChI=1S/C10H16N2O2/c1-5-8-6-7-11-12(8)9(13)14-10(2,3)4/h6-7H,5H2,1-4H3. The highest BCUT2D eigenvalue weighted by atomic mass is 16.6. The molecular formula is C10H16N2O2. The van der Waals surface area contributed by atoms with Gasteiger partial charge in [0.2, 0.25) is 0 Å². The summed E-state index contributed by atoms with van der Waals surface area (Å²) in [4.78, 5) is 11.6. The molecule has 0 saturated carbocycles. The first-order chi connectivity index (χ1) is 6.44. The van der Waals surface area contributed by atoms with Crippen LogP contribution in [0.3, 0.4) is 0 Å². The molecule has 0 aromatic carbocycles. The minimum absolute atomic E-state index is 0.417. The molecule has 0 unspecified atom stereocenters. The second kappa shape index (κ2) is 3.82. The quantitative estimate of drug-likeness (QED) is 0.691. The van der Waals surface area contributed by atoms with Gasteiger partial charge in [0.15, 0.2) is 0 Å². The second-order valence-electron chi connectivity index (χ2n) is 4.07. The van der Waals surface area contributed by atoms with Gasteiger partial charge in [0.1, 0.15) is 5.60 Å². The molecule has 0 N–H and O–H groups in total. The third-order valence-corrected chi connectivity index (χ3v) is 1.65. The van der Waals surface area contributed by atoms with Crippen LogP contribution >= 0.6 is 0 Å². The zero-order valence-electron chi connectivity index (χ0n) is 9.07. The van der Waals surface area contributed by atoms with Gasteiger partial charge < -0.3 is 4.74 Å². The zero-order chi connectivity index (χ0) is 10.8.